The minimum atomic E-state index is -0.503. The summed E-state index contributed by atoms with van der Waals surface area (Å²) in [5.41, 5.74) is 4.91. The van der Waals surface area contributed by atoms with Crippen LogP contribution in [0.1, 0.15) is 115 Å². The third kappa shape index (κ3) is 18.0. The van der Waals surface area contributed by atoms with Crippen molar-refractivity contribution in [1.82, 2.24) is 72.7 Å². The number of nitrogens with one attached hydrogen (secondary N) is 10. The molecule has 8 heterocycles. The van der Waals surface area contributed by atoms with Crippen molar-refractivity contribution in [3.05, 3.63) is 144 Å². The predicted molar refractivity (Wildman–Crippen MR) is 340 cm³/mol. The van der Waals surface area contributed by atoms with E-state index in [-0.39, 0.29) is 77.6 Å². The van der Waals surface area contributed by atoms with Crippen molar-refractivity contribution in [2.24, 2.45) is 56.4 Å². The van der Waals surface area contributed by atoms with Crippen LogP contribution in [0.25, 0.3) is 0 Å². The highest BCUT2D eigenvalue weighted by Gasteiger charge is 2.23. The zero-order chi connectivity index (χ0) is 66.4. The van der Waals surface area contributed by atoms with Gasteiger partial charge >= 0.3 is 0 Å². The van der Waals surface area contributed by atoms with E-state index in [9.17, 15) is 47.9 Å². The van der Waals surface area contributed by atoms with Crippen molar-refractivity contribution < 1.29 is 47.9 Å². The summed E-state index contributed by atoms with van der Waals surface area (Å²) in [6.07, 6.45) is 16.3. The van der Waals surface area contributed by atoms with Crippen LogP contribution >= 0.6 is 0 Å². The van der Waals surface area contributed by atoms with Gasteiger partial charge in [0.2, 0.25) is 17.6 Å². The Morgan fingerprint density at radius 1 is 0.407 bits per heavy atom. The number of anilines is 6. The number of aromatic nitrogens is 10. The topological polar surface area (TPSA) is 359 Å². The second-order valence-corrected chi connectivity index (χ2v) is 21.8. The van der Waals surface area contributed by atoms with E-state index in [0.717, 1.165) is 18.5 Å². The molecule has 10 amide bonds. The standard InChI is InChI=1S/C33H44N10O5.C27H33N11O5/c1-21-13-25(40(4)17-21)31(46)36-23-15-27(42(6)19-23)33(48)38-24-16-28(43(7)20-24)32(47)37-22-14-26(41(5)18-22)30(45)35-11-9-29(44)34-10-8-12-39(2)3;1-28-21(39)7-6-8-30-26(42)23-33-20(15-38(23)5)34-25(41)19-11-16(13-37(19)4)31-24(40)18-12-17(14-36(18)3)32-27(43)22-29-9-10-35(22)2/h13-20H,8-12H2,1-7H3,(H,34,44)(H,35,45)(H,36,46)(H,37,47)(H,38,48);9-15H,6-8H2,1-5H3,(H,28,39)(H,30,42)(H,31,40)(H,32,43)(H,34,41). The number of hydrogen-bond donors (Lipinski definition) is 10. The van der Waals surface area contributed by atoms with Crippen molar-refractivity contribution in [1.29, 1.82) is 0 Å². The van der Waals surface area contributed by atoms with Gasteiger partial charge in [0.1, 0.15) is 34.2 Å². The largest absolute Gasteiger partial charge is 0.359 e. The Morgan fingerprint density at radius 2 is 0.813 bits per heavy atom. The SMILES string of the molecule is CNC(=O)CCCNC(=O)c1nc(NC(=O)c2cc(NC(=O)c3cc(NC(=O)c4nccn4C)cn3C)cn2C)cn1C.Cc1cc(C(=O)Nc2cc(C(=O)Nc3cc(C(=O)Nc4cc(C(=O)NCCC(=O)NCCCN(C)C)n(C)c4)n(C)c3)n(C)c2)n(C)c1. The average Bonchev–Trinajstić information content (AvgIpc) is 2.11. The molecule has 0 radical (unpaired) electrons. The Balaban J connectivity index is 0.000000260. The molecule has 8 rings (SSSR count). The van der Waals surface area contributed by atoms with E-state index in [1.165, 1.54) is 33.7 Å². The first kappa shape index (κ1) is 67.3. The molecule has 0 saturated heterocycles. The van der Waals surface area contributed by atoms with E-state index in [4.69, 9.17) is 0 Å². The molecule has 0 aliphatic rings. The Bertz CT molecular complexity index is 4020. The van der Waals surface area contributed by atoms with Crippen molar-refractivity contribution in [2.45, 2.75) is 32.6 Å². The van der Waals surface area contributed by atoms with Crippen molar-refractivity contribution in [3.63, 3.8) is 0 Å². The van der Waals surface area contributed by atoms with Crippen molar-refractivity contribution in [3.8, 4) is 0 Å². The molecule has 91 heavy (non-hydrogen) atoms. The normalized spacial score (nSPS) is 10.9. The van der Waals surface area contributed by atoms with Gasteiger partial charge in [0.15, 0.2) is 11.6 Å². The highest BCUT2D eigenvalue weighted by atomic mass is 16.2. The van der Waals surface area contributed by atoms with Crippen LogP contribution in [0.2, 0.25) is 0 Å². The number of hydrogen-bond acceptors (Lipinski definition) is 13. The molecule has 31 heteroatoms. The average molecular weight is 1250 g/mol. The molecule has 0 aliphatic carbocycles. The molecule has 10 N–H and O–H groups in total. The fourth-order valence-corrected chi connectivity index (χ4v) is 9.46. The number of aryl methyl sites for hydroxylation is 9. The zero-order valence-corrected chi connectivity index (χ0v) is 52.8. The second kappa shape index (κ2) is 30.1. The van der Waals surface area contributed by atoms with Gasteiger partial charge in [-0.25, -0.2) is 9.97 Å². The summed E-state index contributed by atoms with van der Waals surface area (Å²) in [6.45, 7) is 3.82. The smallest absolute Gasteiger partial charge is 0.291 e. The van der Waals surface area contributed by atoms with E-state index in [0.29, 0.717) is 65.0 Å². The zero-order valence-electron chi connectivity index (χ0n) is 52.8. The molecule has 0 fully saturated rings. The van der Waals surface area contributed by atoms with Crippen LogP contribution in [-0.4, -0.2) is 158 Å². The number of amides is 10. The first-order chi connectivity index (χ1) is 43.2. The van der Waals surface area contributed by atoms with E-state index in [1.807, 2.05) is 32.1 Å². The lowest BCUT2D eigenvalue weighted by Gasteiger charge is -2.10. The minimum Gasteiger partial charge on any atom is -0.359 e. The summed E-state index contributed by atoms with van der Waals surface area (Å²) < 4.78 is 12.7. The highest BCUT2D eigenvalue weighted by molar-refractivity contribution is 6.10. The Kier molecular flexibility index (Phi) is 22.3. The van der Waals surface area contributed by atoms with Crippen LogP contribution in [0, 0.1) is 6.92 Å². The van der Waals surface area contributed by atoms with Crippen LogP contribution in [0.4, 0.5) is 34.3 Å². The summed E-state index contributed by atoms with van der Waals surface area (Å²) in [4.78, 5) is 136. The molecule has 8 aromatic heterocycles. The molecular weight excluding hydrogens is 1170 g/mol. The maximum Gasteiger partial charge on any atom is 0.291 e. The molecule has 0 saturated carbocycles. The molecular formula is C60H77N21O10. The second-order valence-electron chi connectivity index (χ2n) is 21.8. The van der Waals surface area contributed by atoms with E-state index >= 15 is 0 Å². The number of carbonyl (C=O) groups excluding carboxylic acids is 10. The number of imidazole rings is 2. The minimum absolute atomic E-state index is 0.0909. The molecule has 0 aromatic carbocycles. The van der Waals surface area contributed by atoms with Gasteiger partial charge < -0.3 is 94.6 Å². The third-order valence-electron chi connectivity index (χ3n) is 14.1. The monoisotopic (exact) mass is 1250 g/mol. The van der Waals surface area contributed by atoms with Gasteiger partial charge in [0, 0.05) is 152 Å². The van der Waals surface area contributed by atoms with Gasteiger partial charge in [-0.3, -0.25) is 47.9 Å². The molecule has 0 spiro atoms. The van der Waals surface area contributed by atoms with E-state index in [1.54, 1.807) is 152 Å². The summed E-state index contributed by atoms with van der Waals surface area (Å²) in [6, 6.07) is 9.48. The van der Waals surface area contributed by atoms with Gasteiger partial charge in [-0.2, -0.15) is 0 Å². The van der Waals surface area contributed by atoms with Crippen LogP contribution in [0.5, 0.6) is 0 Å². The Labute approximate surface area is 523 Å². The highest BCUT2D eigenvalue weighted by Crippen LogP contribution is 2.23. The van der Waals surface area contributed by atoms with Crippen LogP contribution < -0.4 is 53.2 Å². The number of rotatable bonds is 25. The van der Waals surface area contributed by atoms with Gasteiger partial charge in [0.05, 0.1) is 28.4 Å². The van der Waals surface area contributed by atoms with E-state index in [2.05, 4.69) is 63.1 Å². The summed E-state index contributed by atoms with van der Waals surface area (Å²) in [5.74, 6) is -3.11. The quantitative estimate of drug-likeness (QED) is 0.0368. The first-order valence-electron chi connectivity index (χ1n) is 28.7. The molecule has 0 aliphatic heterocycles. The van der Waals surface area contributed by atoms with E-state index < -0.39 is 35.4 Å². The van der Waals surface area contributed by atoms with Crippen LogP contribution in [0.15, 0.2) is 92.2 Å². The maximum absolute atomic E-state index is 13.1. The Morgan fingerprint density at radius 3 is 1.23 bits per heavy atom. The van der Waals surface area contributed by atoms with Crippen LogP contribution in [0.3, 0.4) is 0 Å². The molecule has 0 atom stereocenters. The lowest BCUT2D eigenvalue weighted by atomic mass is 10.3. The molecule has 0 unspecified atom stereocenters. The molecule has 482 valence electrons. The molecule has 8 aromatic rings. The fourth-order valence-electron chi connectivity index (χ4n) is 9.46. The fraction of sp³-hybridized carbons (Fsp3) is 0.333. The van der Waals surface area contributed by atoms with Crippen LogP contribution in [-0.2, 0) is 66.0 Å². The van der Waals surface area contributed by atoms with Gasteiger partial charge in [-0.15, -0.1) is 0 Å². The number of nitrogens with zero attached hydrogens (tertiary/aromatic N) is 11. The molecule has 0 bridgehead atoms. The Hall–Kier alpha value is -11.2. The summed E-state index contributed by atoms with van der Waals surface area (Å²) in [5, 5.41) is 27.3. The van der Waals surface area contributed by atoms with Gasteiger partial charge in [-0.1, -0.05) is 0 Å². The third-order valence-corrected chi connectivity index (χ3v) is 14.1. The molecule has 31 nitrogen and oxygen atoms in total. The maximum atomic E-state index is 13.1. The van der Waals surface area contributed by atoms with Crippen molar-refractivity contribution in [2.75, 3.05) is 79.2 Å². The lowest BCUT2D eigenvalue weighted by Crippen LogP contribution is -2.32. The summed E-state index contributed by atoms with van der Waals surface area (Å²) in [7, 11) is 19.0. The van der Waals surface area contributed by atoms with Gasteiger partial charge in [-0.05, 0) is 82.4 Å². The van der Waals surface area contributed by atoms with Gasteiger partial charge in [0.25, 0.3) is 47.3 Å². The summed E-state index contributed by atoms with van der Waals surface area (Å²) >= 11 is 0. The predicted octanol–water partition coefficient (Wildman–Crippen LogP) is 3.14. The van der Waals surface area contributed by atoms with Crippen molar-refractivity contribution >= 4 is 93.3 Å². The number of carbonyl (C=O) groups is 10. The first-order valence-corrected chi connectivity index (χ1v) is 28.7. The lowest BCUT2D eigenvalue weighted by molar-refractivity contribution is -0.121.